The Kier molecular flexibility index (Phi) is 3.21. The van der Waals surface area contributed by atoms with Crippen LogP contribution in [-0.4, -0.2) is 39.7 Å². The average molecular weight is 243 g/mol. The molecule has 1 atom stereocenters. The fourth-order valence-corrected chi connectivity index (χ4v) is 2.22. The van der Waals surface area contributed by atoms with E-state index in [4.69, 9.17) is 11.6 Å². The van der Waals surface area contributed by atoms with Gasteiger partial charge in [0.1, 0.15) is 5.69 Å². The first kappa shape index (κ1) is 11.5. The zero-order valence-corrected chi connectivity index (χ0v) is 9.94. The van der Waals surface area contributed by atoms with E-state index in [2.05, 4.69) is 0 Å². The minimum Gasteiger partial charge on any atom is -0.391 e. The summed E-state index contributed by atoms with van der Waals surface area (Å²) in [5, 5.41) is 9.97. The van der Waals surface area contributed by atoms with Gasteiger partial charge in [-0.3, -0.25) is 4.79 Å². The topological polar surface area (TPSA) is 45.5 Å². The van der Waals surface area contributed by atoms with Crippen LogP contribution in [0.1, 0.15) is 23.8 Å². The molecule has 2 rings (SSSR count). The number of carbonyl (C=O) groups is 1. The quantitative estimate of drug-likeness (QED) is 0.852. The van der Waals surface area contributed by atoms with Gasteiger partial charge in [0, 0.05) is 25.8 Å². The van der Waals surface area contributed by atoms with Crippen molar-refractivity contribution in [2.24, 2.45) is 0 Å². The third-order valence-corrected chi connectivity index (χ3v) is 3.08. The largest absolute Gasteiger partial charge is 0.391 e. The van der Waals surface area contributed by atoms with Gasteiger partial charge in [-0.1, -0.05) is 11.6 Å². The van der Waals surface area contributed by atoms with Crippen LogP contribution >= 0.6 is 11.6 Å². The Morgan fingerprint density at radius 3 is 3.00 bits per heavy atom. The van der Waals surface area contributed by atoms with Crippen LogP contribution in [0.4, 0.5) is 0 Å². The van der Waals surface area contributed by atoms with E-state index in [1.54, 1.807) is 17.2 Å². The van der Waals surface area contributed by atoms with E-state index in [9.17, 15) is 9.90 Å². The lowest BCUT2D eigenvalue weighted by Crippen LogP contribution is -2.31. The number of hydrogen-bond acceptors (Lipinski definition) is 2. The molecular weight excluding hydrogens is 228 g/mol. The molecule has 0 radical (unpaired) electrons. The van der Waals surface area contributed by atoms with E-state index in [0.29, 0.717) is 36.8 Å². The molecule has 0 aromatic carbocycles. The molecule has 0 aliphatic carbocycles. The van der Waals surface area contributed by atoms with E-state index >= 15 is 0 Å². The highest BCUT2D eigenvalue weighted by atomic mass is 35.5. The molecule has 4 nitrogen and oxygen atoms in total. The first-order valence-electron chi connectivity index (χ1n) is 5.45. The molecule has 2 heterocycles. The average Bonchev–Trinajstić information content (AvgIpc) is 2.83. The van der Waals surface area contributed by atoms with Crippen molar-refractivity contribution in [2.45, 2.75) is 26.0 Å². The Morgan fingerprint density at radius 2 is 2.44 bits per heavy atom. The Balaban J connectivity index is 2.20. The van der Waals surface area contributed by atoms with Crippen LogP contribution in [0.2, 0.25) is 5.02 Å². The standard InChI is InChI=1S/C11H15ClN2O2/c1-2-13-6-8(12)5-10(13)11(16)14-4-3-9(15)7-14/h5-6,9,15H,2-4,7H2,1H3. The molecule has 1 aliphatic rings. The van der Waals surface area contributed by atoms with Crippen LogP contribution in [0.3, 0.4) is 0 Å². The zero-order valence-electron chi connectivity index (χ0n) is 9.19. The van der Waals surface area contributed by atoms with Gasteiger partial charge in [-0.2, -0.15) is 0 Å². The number of carbonyl (C=O) groups excluding carboxylic acids is 1. The van der Waals surface area contributed by atoms with Gasteiger partial charge in [-0.05, 0) is 19.4 Å². The first-order valence-corrected chi connectivity index (χ1v) is 5.82. The van der Waals surface area contributed by atoms with Gasteiger partial charge < -0.3 is 14.6 Å². The maximum Gasteiger partial charge on any atom is 0.270 e. The van der Waals surface area contributed by atoms with Gasteiger partial charge in [0.2, 0.25) is 0 Å². The summed E-state index contributed by atoms with van der Waals surface area (Å²) in [7, 11) is 0. The number of rotatable bonds is 2. The number of aryl methyl sites for hydroxylation is 1. The van der Waals surface area contributed by atoms with E-state index in [1.165, 1.54) is 0 Å². The van der Waals surface area contributed by atoms with Gasteiger partial charge >= 0.3 is 0 Å². The van der Waals surface area contributed by atoms with Gasteiger partial charge in [0.25, 0.3) is 5.91 Å². The lowest BCUT2D eigenvalue weighted by molar-refractivity contribution is 0.0754. The summed E-state index contributed by atoms with van der Waals surface area (Å²) in [5.41, 5.74) is 0.599. The van der Waals surface area contributed by atoms with Crippen molar-refractivity contribution in [3.05, 3.63) is 23.0 Å². The minimum absolute atomic E-state index is 0.0506. The molecule has 1 aromatic rings. The van der Waals surface area contributed by atoms with Crippen LogP contribution in [0, 0.1) is 0 Å². The van der Waals surface area contributed by atoms with Crippen molar-refractivity contribution < 1.29 is 9.90 Å². The number of aliphatic hydroxyl groups is 1. The number of amides is 1. The summed E-state index contributed by atoms with van der Waals surface area (Å²) in [5.74, 6) is -0.0506. The van der Waals surface area contributed by atoms with Crippen molar-refractivity contribution in [3.8, 4) is 0 Å². The smallest absolute Gasteiger partial charge is 0.270 e. The third-order valence-electron chi connectivity index (χ3n) is 2.87. The molecule has 1 saturated heterocycles. The molecule has 16 heavy (non-hydrogen) atoms. The van der Waals surface area contributed by atoms with E-state index in [1.807, 2.05) is 11.5 Å². The molecule has 1 fully saturated rings. The molecule has 1 amide bonds. The molecule has 0 saturated carbocycles. The van der Waals surface area contributed by atoms with Crippen molar-refractivity contribution in [3.63, 3.8) is 0 Å². The Morgan fingerprint density at radius 1 is 1.69 bits per heavy atom. The molecule has 5 heteroatoms. The van der Waals surface area contributed by atoms with Gasteiger partial charge in [0.15, 0.2) is 0 Å². The van der Waals surface area contributed by atoms with Crippen LogP contribution < -0.4 is 0 Å². The van der Waals surface area contributed by atoms with Crippen LogP contribution in [-0.2, 0) is 6.54 Å². The highest BCUT2D eigenvalue weighted by Crippen LogP contribution is 2.18. The molecule has 0 spiro atoms. The SMILES string of the molecule is CCn1cc(Cl)cc1C(=O)N1CCC(O)C1. The monoisotopic (exact) mass is 242 g/mol. The van der Waals surface area contributed by atoms with Gasteiger partial charge in [-0.15, -0.1) is 0 Å². The Hall–Kier alpha value is -1.00. The number of aromatic nitrogens is 1. The van der Waals surface area contributed by atoms with Crippen LogP contribution in [0.25, 0.3) is 0 Å². The van der Waals surface area contributed by atoms with E-state index < -0.39 is 0 Å². The third kappa shape index (κ3) is 2.08. The lowest BCUT2D eigenvalue weighted by atomic mass is 10.3. The maximum absolute atomic E-state index is 12.1. The van der Waals surface area contributed by atoms with Crippen LogP contribution in [0.5, 0.6) is 0 Å². The molecule has 88 valence electrons. The van der Waals surface area contributed by atoms with Crippen LogP contribution in [0.15, 0.2) is 12.3 Å². The van der Waals surface area contributed by atoms with Gasteiger partial charge in [-0.25, -0.2) is 0 Å². The molecule has 0 bridgehead atoms. The Bertz CT molecular complexity index is 403. The second kappa shape index (κ2) is 4.47. The normalized spacial score (nSPS) is 20.4. The lowest BCUT2D eigenvalue weighted by Gasteiger charge is -2.16. The predicted octanol–water partition coefficient (Wildman–Crippen LogP) is 1.37. The van der Waals surface area contributed by atoms with Crippen molar-refractivity contribution >= 4 is 17.5 Å². The molecule has 1 aromatic heterocycles. The second-order valence-electron chi connectivity index (χ2n) is 4.02. The number of β-amino-alcohol motifs (C(OH)–C–C–N with tert-alkyl or cyclic N) is 1. The van der Waals surface area contributed by atoms with Crippen molar-refractivity contribution in [1.82, 2.24) is 9.47 Å². The predicted molar refractivity (Wildman–Crippen MR) is 61.6 cm³/mol. The number of halogens is 1. The minimum atomic E-state index is -0.385. The molecule has 1 N–H and O–H groups in total. The highest BCUT2D eigenvalue weighted by Gasteiger charge is 2.27. The number of aliphatic hydroxyl groups excluding tert-OH is 1. The summed E-state index contributed by atoms with van der Waals surface area (Å²) in [6.45, 7) is 3.72. The fraction of sp³-hybridized carbons (Fsp3) is 0.545. The summed E-state index contributed by atoms with van der Waals surface area (Å²) in [6, 6.07) is 1.68. The summed E-state index contributed by atoms with van der Waals surface area (Å²) < 4.78 is 1.83. The van der Waals surface area contributed by atoms with E-state index in [0.717, 1.165) is 0 Å². The summed E-state index contributed by atoms with van der Waals surface area (Å²) in [4.78, 5) is 13.8. The first-order chi connectivity index (χ1) is 7.61. The maximum atomic E-state index is 12.1. The highest BCUT2D eigenvalue weighted by molar-refractivity contribution is 6.31. The Labute approximate surface area is 99.4 Å². The summed E-state index contributed by atoms with van der Waals surface area (Å²) >= 11 is 5.88. The van der Waals surface area contributed by atoms with Crippen molar-refractivity contribution in [2.75, 3.05) is 13.1 Å². The second-order valence-corrected chi connectivity index (χ2v) is 4.46. The zero-order chi connectivity index (χ0) is 11.7. The number of nitrogens with zero attached hydrogens (tertiary/aromatic N) is 2. The van der Waals surface area contributed by atoms with Gasteiger partial charge in [0.05, 0.1) is 11.1 Å². The molecular formula is C11H15ClN2O2. The summed E-state index contributed by atoms with van der Waals surface area (Å²) in [6.07, 6.45) is 2.03. The van der Waals surface area contributed by atoms with Crippen molar-refractivity contribution in [1.29, 1.82) is 0 Å². The fourth-order valence-electron chi connectivity index (χ4n) is 2.00. The number of hydrogen-bond donors (Lipinski definition) is 1. The molecule has 1 unspecified atom stereocenters. The molecule has 1 aliphatic heterocycles. The van der Waals surface area contributed by atoms with E-state index in [-0.39, 0.29) is 12.0 Å². The number of likely N-dealkylation sites (tertiary alicyclic amines) is 1.